The number of rotatable bonds is 5. The number of benzene rings is 1. The van der Waals surface area contributed by atoms with E-state index in [1.165, 1.54) is 0 Å². The van der Waals surface area contributed by atoms with Gasteiger partial charge in [-0.1, -0.05) is 32.9 Å². The lowest BCUT2D eigenvalue weighted by atomic mass is 9.84. The van der Waals surface area contributed by atoms with E-state index in [2.05, 4.69) is 5.32 Å². The number of aliphatic hydroxyl groups excluding tert-OH is 1. The van der Waals surface area contributed by atoms with Gasteiger partial charge in [-0.3, -0.25) is 4.79 Å². The van der Waals surface area contributed by atoms with Gasteiger partial charge in [-0.25, -0.2) is 0 Å². The van der Waals surface area contributed by atoms with E-state index in [1.54, 1.807) is 12.1 Å². The second kappa shape index (κ2) is 6.92. The number of alkyl halides is 1. The van der Waals surface area contributed by atoms with E-state index >= 15 is 0 Å². The second-order valence-corrected chi connectivity index (χ2v) is 6.01. The molecule has 0 heterocycles. The lowest BCUT2D eigenvalue weighted by Crippen LogP contribution is -2.44. The highest BCUT2D eigenvalue weighted by Gasteiger charge is 2.26. The van der Waals surface area contributed by atoms with E-state index in [9.17, 15) is 4.79 Å². The van der Waals surface area contributed by atoms with Gasteiger partial charge in [-0.15, -0.1) is 11.6 Å². The molecule has 1 atom stereocenters. The molecule has 0 aliphatic carbocycles. The molecule has 0 fully saturated rings. The lowest BCUT2D eigenvalue weighted by Gasteiger charge is -2.31. The molecular weight excluding hydrogens is 262 g/mol. The first-order valence-electron chi connectivity index (χ1n) is 6.45. The number of halogens is 1. The van der Waals surface area contributed by atoms with Crippen LogP contribution in [0.3, 0.4) is 0 Å². The number of hydrogen-bond acceptors (Lipinski definition) is 2. The number of carbonyl (C=O) groups is 1. The van der Waals surface area contributed by atoms with Crippen LogP contribution < -0.4 is 5.32 Å². The van der Waals surface area contributed by atoms with E-state index in [1.807, 2.05) is 32.9 Å². The van der Waals surface area contributed by atoms with Gasteiger partial charge >= 0.3 is 0 Å². The minimum absolute atomic E-state index is 0.0595. The molecule has 1 unspecified atom stereocenters. The van der Waals surface area contributed by atoms with Gasteiger partial charge < -0.3 is 10.4 Å². The molecule has 0 saturated heterocycles. The molecule has 1 amide bonds. The van der Waals surface area contributed by atoms with E-state index in [4.69, 9.17) is 16.7 Å². The topological polar surface area (TPSA) is 49.3 Å². The van der Waals surface area contributed by atoms with Crippen molar-refractivity contribution in [3.63, 3.8) is 0 Å². The first-order chi connectivity index (χ1) is 8.88. The zero-order valence-electron chi connectivity index (χ0n) is 11.7. The molecule has 0 aromatic heterocycles. The smallest absolute Gasteiger partial charge is 0.251 e. The van der Waals surface area contributed by atoms with Crippen LogP contribution in [0.25, 0.3) is 0 Å². The van der Waals surface area contributed by atoms with Crippen LogP contribution in [0.2, 0.25) is 0 Å². The Morgan fingerprint density at radius 3 is 2.63 bits per heavy atom. The van der Waals surface area contributed by atoms with Crippen LogP contribution in [-0.4, -0.2) is 23.7 Å². The van der Waals surface area contributed by atoms with Gasteiger partial charge in [-0.05, 0) is 29.5 Å². The summed E-state index contributed by atoms with van der Waals surface area (Å²) in [7, 11) is 0. The summed E-state index contributed by atoms with van der Waals surface area (Å²) in [5.74, 6) is 0.265. The molecule has 19 heavy (non-hydrogen) atoms. The van der Waals surface area contributed by atoms with E-state index in [0.717, 1.165) is 5.56 Å². The summed E-state index contributed by atoms with van der Waals surface area (Å²) in [6.07, 6.45) is 0.546. The van der Waals surface area contributed by atoms with Gasteiger partial charge in [0, 0.05) is 24.1 Å². The fraction of sp³-hybridized carbons (Fsp3) is 0.533. The highest BCUT2D eigenvalue weighted by molar-refractivity contribution is 6.17. The molecular formula is C15H22ClNO2. The highest BCUT2D eigenvalue weighted by Crippen LogP contribution is 2.22. The Balaban J connectivity index is 2.81. The standard InChI is InChI=1S/C15H22ClNO2/c1-15(2,3)13(7-8-18)17-14(19)12-6-4-5-11(9-12)10-16/h4-6,9,13,18H,7-8,10H2,1-3H3,(H,17,19). The van der Waals surface area contributed by atoms with E-state index < -0.39 is 0 Å². The SMILES string of the molecule is CC(C)(C)C(CCO)NC(=O)c1cccc(CCl)c1. The first kappa shape index (κ1) is 16.0. The van der Waals surface area contributed by atoms with Gasteiger partial charge in [0.15, 0.2) is 0 Å². The van der Waals surface area contributed by atoms with Crippen LogP contribution in [0, 0.1) is 5.41 Å². The third-order valence-electron chi connectivity index (χ3n) is 3.11. The molecule has 0 aliphatic rings. The third kappa shape index (κ3) is 4.84. The van der Waals surface area contributed by atoms with Crippen LogP contribution in [0.1, 0.15) is 43.1 Å². The first-order valence-corrected chi connectivity index (χ1v) is 6.98. The third-order valence-corrected chi connectivity index (χ3v) is 3.42. The maximum atomic E-state index is 12.2. The monoisotopic (exact) mass is 283 g/mol. The molecule has 1 aromatic carbocycles. The summed E-state index contributed by atoms with van der Waals surface area (Å²) >= 11 is 5.77. The molecule has 0 radical (unpaired) electrons. The van der Waals surface area contributed by atoms with Gasteiger partial charge in [0.05, 0.1) is 0 Å². The molecule has 2 N–H and O–H groups in total. The minimum atomic E-state index is -0.125. The summed E-state index contributed by atoms with van der Waals surface area (Å²) in [5.41, 5.74) is 1.43. The fourth-order valence-corrected chi connectivity index (χ4v) is 2.05. The van der Waals surface area contributed by atoms with E-state index in [-0.39, 0.29) is 24.0 Å². The molecule has 0 aliphatic heterocycles. The number of nitrogens with one attached hydrogen (secondary N) is 1. The van der Waals surface area contributed by atoms with Gasteiger partial charge in [-0.2, -0.15) is 0 Å². The Bertz CT molecular complexity index is 426. The van der Waals surface area contributed by atoms with Crippen molar-refractivity contribution in [3.05, 3.63) is 35.4 Å². The van der Waals surface area contributed by atoms with E-state index in [0.29, 0.717) is 17.9 Å². The quantitative estimate of drug-likeness (QED) is 0.816. The van der Waals surface area contributed by atoms with Crippen LogP contribution >= 0.6 is 11.6 Å². The molecule has 4 heteroatoms. The summed E-state index contributed by atoms with van der Waals surface area (Å²) in [6, 6.07) is 7.21. The predicted octanol–water partition coefficient (Wildman–Crippen LogP) is 2.95. The van der Waals surface area contributed by atoms with Crippen LogP contribution in [0.4, 0.5) is 0 Å². The molecule has 0 saturated carbocycles. The Kier molecular flexibility index (Phi) is 5.83. The summed E-state index contributed by atoms with van der Waals surface area (Å²) in [5, 5.41) is 12.1. The number of aliphatic hydroxyl groups is 1. The van der Waals surface area contributed by atoms with Crippen molar-refractivity contribution in [3.8, 4) is 0 Å². The van der Waals surface area contributed by atoms with Crippen molar-refractivity contribution in [1.82, 2.24) is 5.32 Å². The Morgan fingerprint density at radius 2 is 2.11 bits per heavy atom. The van der Waals surface area contributed by atoms with Crippen molar-refractivity contribution < 1.29 is 9.90 Å². The van der Waals surface area contributed by atoms with Gasteiger partial charge in [0.2, 0.25) is 0 Å². The van der Waals surface area contributed by atoms with Gasteiger partial charge in [0.1, 0.15) is 0 Å². The average Bonchev–Trinajstić information content (AvgIpc) is 2.37. The average molecular weight is 284 g/mol. The van der Waals surface area contributed by atoms with Crippen molar-refractivity contribution in [2.75, 3.05) is 6.61 Å². The molecule has 0 spiro atoms. The van der Waals surface area contributed by atoms with Crippen LogP contribution in [0.15, 0.2) is 24.3 Å². The van der Waals surface area contributed by atoms with Crippen molar-refractivity contribution in [1.29, 1.82) is 0 Å². The van der Waals surface area contributed by atoms with Crippen LogP contribution in [-0.2, 0) is 5.88 Å². The van der Waals surface area contributed by atoms with Gasteiger partial charge in [0.25, 0.3) is 5.91 Å². The fourth-order valence-electron chi connectivity index (χ4n) is 1.89. The highest BCUT2D eigenvalue weighted by atomic mass is 35.5. The summed E-state index contributed by atoms with van der Waals surface area (Å²) < 4.78 is 0. The zero-order valence-corrected chi connectivity index (χ0v) is 12.5. The summed E-state index contributed by atoms with van der Waals surface area (Å²) in [4.78, 5) is 12.2. The maximum Gasteiger partial charge on any atom is 0.251 e. The molecule has 1 rings (SSSR count). The number of carbonyl (C=O) groups excluding carboxylic acids is 1. The van der Waals surface area contributed by atoms with Crippen LogP contribution in [0.5, 0.6) is 0 Å². The minimum Gasteiger partial charge on any atom is -0.396 e. The lowest BCUT2D eigenvalue weighted by molar-refractivity contribution is 0.0885. The number of amides is 1. The van der Waals surface area contributed by atoms with Crippen molar-refractivity contribution >= 4 is 17.5 Å². The molecule has 0 bridgehead atoms. The maximum absolute atomic E-state index is 12.2. The molecule has 3 nitrogen and oxygen atoms in total. The Morgan fingerprint density at radius 1 is 1.42 bits per heavy atom. The summed E-state index contributed by atoms with van der Waals surface area (Å²) in [6.45, 7) is 6.19. The Hall–Kier alpha value is -1.06. The van der Waals surface area contributed by atoms with Crippen molar-refractivity contribution in [2.45, 2.75) is 39.1 Å². The number of hydrogen-bond donors (Lipinski definition) is 2. The largest absolute Gasteiger partial charge is 0.396 e. The normalized spacial score (nSPS) is 13.1. The predicted molar refractivity (Wildman–Crippen MR) is 78.4 cm³/mol. The molecule has 1 aromatic rings. The Labute approximate surface area is 120 Å². The zero-order chi connectivity index (χ0) is 14.5. The van der Waals surface area contributed by atoms with Crippen molar-refractivity contribution in [2.24, 2.45) is 5.41 Å². The molecule has 106 valence electrons. The second-order valence-electron chi connectivity index (χ2n) is 5.74.